The first-order chi connectivity index (χ1) is 14.0. The molecule has 7 heteroatoms. The number of carbonyl (C=O) groups is 2. The SMILES string of the molecule is Cc1oc(CNC(=O)c2cnn(C3CCCC3)c2-c2ccccc2)cc1C(=O)O. The van der Waals surface area contributed by atoms with E-state index in [1.807, 2.05) is 35.0 Å². The lowest BCUT2D eigenvalue weighted by Gasteiger charge is -2.15. The number of nitrogens with one attached hydrogen (secondary N) is 1. The average molecular weight is 393 g/mol. The van der Waals surface area contributed by atoms with Crippen LogP contribution < -0.4 is 5.32 Å². The van der Waals surface area contributed by atoms with Crippen LogP contribution in [-0.2, 0) is 6.54 Å². The molecule has 1 fully saturated rings. The zero-order valence-electron chi connectivity index (χ0n) is 16.2. The van der Waals surface area contributed by atoms with Gasteiger partial charge in [0.2, 0.25) is 0 Å². The molecule has 1 aliphatic rings. The number of aryl methyl sites for hydroxylation is 1. The number of hydrogen-bond acceptors (Lipinski definition) is 4. The van der Waals surface area contributed by atoms with Crippen molar-refractivity contribution >= 4 is 11.9 Å². The molecule has 0 atom stereocenters. The number of furan rings is 1. The number of hydrogen-bond donors (Lipinski definition) is 2. The van der Waals surface area contributed by atoms with Gasteiger partial charge in [-0.3, -0.25) is 9.48 Å². The van der Waals surface area contributed by atoms with Crippen LogP contribution in [0.15, 0.2) is 47.0 Å². The molecule has 1 aliphatic carbocycles. The summed E-state index contributed by atoms with van der Waals surface area (Å²) in [6.45, 7) is 1.70. The second-order valence-electron chi connectivity index (χ2n) is 7.33. The van der Waals surface area contributed by atoms with Gasteiger partial charge in [-0.2, -0.15) is 5.10 Å². The number of amides is 1. The van der Waals surface area contributed by atoms with Crippen LogP contribution in [0.2, 0.25) is 0 Å². The van der Waals surface area contributed by atoms with Crippen molar-refractivity contribution in [2.24, 2.45) is 0 Å². The Morgan fingerprint density at radius 1 is 1.21 bits per heavy atom. The highest BCUT2D eigenvalue weighted by Crippen LogP contribution is 2.34. The Kier molecular flexibility index (Phi) is 5.20. The predicted molar refractivity (Wildman–Crippen MR) is 107 cm³/mol. The van der Waals surface area contributed by atoms with E-state index < -0.39 is 5.97 Å². The minimum Gasteiger partial charge on any atom is -0.478 e. The van der Waals surface area contributed by atoms with E-state index in [1.54, 1.807) is 13.1 Å². The van der Waals surface area contributed by atoms with Crippen molar-refractivity contribution in [3.63, 3.8) is 0 Å². The van der Waals surface area contributed by atoms with Crippen LogP contribution in [0.5, 0.6) is 0 Å². The molecule has 1 aromatic carbocycles. The summed E-state index contributed by atoms with van der Waals surface area (Å²) >= 11 is 0. The maximum Gasteiger partial charge on any atom is 0.339 e. The molecule has 0 unspecified atom stereocenters. The summed E-state index contributed by atoms with van der Waals surface area (Å²) in [5.74, 6) is -0.592. The van der Waals surface area contributed by atoms with Gasteiger partial charge < -0.3 is 14.8 Å². The molecular formula is C22H23N3O4. The van der Waals surface area contributed by atoms with E-state index in [1.165, 1.54) is 18.9 Å². The Balaban J connectivity index is 1.60. The van der Waals surface area contributed by atoms with E-state index in [2.05, 4.69) is 10.4 Å². The molecule has 4 rings (SSSR count). The van der Waals surface area contributed by atoms with Gasteiger partial charge in [0.05, 0.1) is 30.0 Å². The van der Waals surface area contributed by atoms with Crippen molar-refractivity contribution in [1.82, 2.24) is 15.1 Å². The van der Waals surface area contributed by atoms with Crippen molar-refractivity contribution in [1.29, 1.82) is 0 Å². The van der Waals surface area contributed by atoms with Crippen LogP contribution in [0.4, 0.5) is 0 Å². The molecule has 1 saturated carbocycles. The molecule has 0 bridgehead atoms. The Hall–Kier alpha value is -3.35. The van der Waals surface area contributed by atoms with Crippen molar-refractivity contribution in [3.8, 4) is 11.3 Å². The highest BCUT2D eigenvalue weighted by Gasteiger charge is 2.25. The first kappa shape index (κ1) is 19.0. The van der Waals surface area contributed by atoms with Gasteiger partial charge in [0.15, 0.2) is 0 Å². The fourth-order valence-corrected chi connectivity index (χ4v) is 3.94. The Morgan fingerprint density at radius 3 is 2.59 bits per heavy atom. The van der Waals surface area contributed by atoms with Gasteiger partial charge in [-0.25, -0.2) is 4.79 Å². The zero-order valence-corrected chi connectivity index (χ0v) is 16.2. The number of carboxylic acids is 1. The summed E-state index contributed by atoms with van der Waals surface area (Å²) < 4.78 is 7.43. The van der Waals surface area contributed by atoms with Gasteiger partial charge in [0.1, 0.15) is 17.1 Å². The normalized spacial score (nSPS) is 14.2. The van der Waals surface area contributed by atoms with E-state index >= 15 is 0 Å². The zero-order chi connectivity index (χ0) is 20.4. The van der Waals surface area contributed by atoms with E-state index in [-0.39, 0.29) is 18.0 Å². The molecule has 2 heterocycles. The largest absolute Gasteiger partial charge is 0.478 e. The van der Waals surface area contributed by atoms with Gasteiger partial charge in [-0.05, 0) is 25.8 Å². The van der Waals surface area contributed by atoms with Crippen molar-refractivity contribution in [3.05, 3.63) is 65.2 Å². The molecule has 29 heavy (non-hydrogen) atoms. The van der Waals surface area contributed by atoms with Gasteiger partial charge in [0, 0.05) is 5.56 Å². The number of aromatic carboxylic acids is 1. The van der Waals surface area contributed by atoms with Gasteiger partial charge >= 0.3 is 5.97 Å². The molecule has 0 saturated heterocycles. The molecule has 0 aliphatic heterocycles. The Labute approximate surface area is 168 Å². The first-order valence-electron chi connectivity index (χ1n) is 9.78. The fraction of sp³-hybridized carbons (Fsp3) is 0.318. The monoisotopic (exact) mass is 393 g/mol. The number of carboxylic acid groups (broad SMARTS) is 1. The number of carbonyl (C=O) groups excluding carboxylic acids is 1. The standard InChI is InChI=1S/C22H23N3O4/c1-14-18(22(27)28)11-17(29-14)12-23-21(26)19-13-24-25(16-9-5-6-10-16)20(19)15-7-3-2-4-8-15/h2-4,7-8,11,13,16H,5-6,9-10,12H2,1H3,(H,23,26)(H,27,28). The first-order valence-corrected chi connectivity index (χ1v) is 9.78. The Bertz CT molecular complexity index is 1030. The maximum absolute atomic E-state index is 12.9. The van der Waals surface area contributed by atoms with E-state index in [0.29, 0.717) is 23.1 Å². The third-order valence-electron chi connectivity index (χ3n) is 5.38. The minimum atomic E-state index is -1.05. The lowest BCUT2D eigenvalue weighted by molar-refractivity contribution is 0.0694. The van der Waals surface area contributed by atoms with Crippen LogP contribution in [0, 0.1) is 6.92 Å². The lowest BCUT2D eigenvalue weighted by atomic mass is 10.1. The number of benzene rings is 1. The summed E-state index contributed by atoms with van der Waals surface area (Å²) in [6.07, 6.45) is 6.08. The molecule has 0 radical (unpaired) electrons. The van der Waals surface area contributed by atoms with Crippen molar-refractivity contribution in [2.75, 3.05) is 0 Å². The van der Waals surface area contributed by atoms with Gasteiger partial charge in [0.25, 0.3) is 5.91 Å². The van der Waals surface area contributed by atoms with Gasteiger partial charge in [-0.1, -0.05) is 43.2 Å². The third kappa shape index (κ3) is 3.81. The van der Waals surface area contributed by atoms with Crippen LogP contribution in [-0.4, -0.2) is 26.8 Å². The molecule has 1 amide bonds. The van der Waals surface area contributed by atoms with Crippen LogP contribution in [0.3, 0.4) is 0 Å². The minimum absolute atomic E-state index is 0.105. The van der Waals surface area contributed by atoms with E-state index in [0.717, 1.165) is 24.1 Å². The summed E-state index contributed by atoms with van der Waals surface area (Å²) in [6, 6.07) is 11.5. The molecule has 150 valence electrons. The van der Waals surface area contributed by atoms with Crippen LogP contribution >= 0.6 is 0 Å². The summed E-state index contributed by atoms with van der Waals surface area (Å²) in [5.41, 5.74) is 2.37. The maximum atomic E-state index is 12.9. The molecule has 2 aromatic heterocycles. The number of rotatable bonds is 6. The van der Waals surface area contributed by atoms with E-state index in [4.69, 9.17) is 9.52 Å². The molecule has 7 nitrogen and oxygen atoms in total. The van der Waals surface area contributed by atoms with Crippen LogP contribution in [0.25, 0.3) is 11.3 Å². The molecule has 3 aromatic rings. The topological polar surface area (TPSA) is 97.4 Å². The summed E-state index contributed by atoms with van der Waals surface area (Å²) in [4.78, 5) is 24.1. The third-order valence-corrected chi connectivity index (χ3v) is 5.38. The highest BCUT2D eigenvalue weighted by atomic mass is 16.4. The average Bonchev–Trinajstić information content (AvgIpc) is 3.45. The second-order valence-corrected chi connectivity index (χ2v) is 7.33. The smallest absolute Gasteiger partial charge is 0.339 e. The van der Waals surface area contributed by atoms with Crippen LogP contribution in [0.1, 0.15) is 64.0 Å². The Morgan fingerprint density at radius 2 is 1.93 bits per heavy atom. The molecule has 0 spiro atoms. The molecule has 2 N–H and O–H groups in total. The van der Waals surface area contributed by atoms with Crippen molar-refractivity contribution in [2.45, 2.75) is 45.2 Å². The highest BCUT2D eigenvalue weighted by molar-refractivity contribution is 6.00. The second kappa shape index (κ2) is 7.95. The predicted octanol–water partition coefficient (Wildman–Crippen LogP) is 4.19. The summed E-state index contributed by atoms with van der Waals surface area (Å²) in [5, 5.41) is 16.5. The number of aromatic nitrogens is 2. The fourth-order valence-electron chi connectivity index (χ4n) is 3.94. The summed E-state index contributed by atoms with van der Waals surface area (Å²) in [7, 11) is 0. The quantitative estimate of drug-likeness (QED) is 0.654. The van der Waals surface area contributed by atoms with Gasteiger partial charge in [-0.15, -0.1) is 0 Å². The number of nitrogens with zero attached hydrogens (tertiary/aromatic N) is 2. The van der Waals surface area contributed by atoms with Crippen molar-refractivity contribution < 1.29 is 19.1 Å². The van der Waals surface area contributed by atoms with E-state index in [9.17, 15) is 9.59 Å². The molecular weight excluding hydrogens is 370 g/mol. The lowest BCUT2D eigenvalue weighted by Crippen LogP contribution is -2.23.